The summed E-state index contributed by atoms with van der Waals surface area (Å²) in [5, 5.41) is 1.50. The Balaban J connectivity index is 1.77. The van der Waals surface area contributed by atoms with Crippen LogP contribution in [0.4, 0.5) is 0 Å². The van der Waals surface area contributed by atoms with Gasteiger partial charge in [-0.2, -0.15) is 0 Å². The van der Waals surface area contributed by atoms with Gasteiger partial charge in [-0.05, 0) is 24.3 Å². The minimum absolute atomic E-state index is 0.428. The number of fused-ring (bicyclic) bond motifs is 1. The van der Waals surface area contributed by atoms with E-state index in [0.29, 0.717) is 16.8 Å². The zero-order chi connectivity index (χ0) is 15.8. The van der Waals surface area contributed by atoms with Crippen LogP contribution in [0, 0.1) is 0 Å². The summed E-state index contributed by atoms with van der Waals surface area (Å²) in [4.78, 5) is 13.8. The minimum Gasteiger partial charge on any atom is -0.436 e. The minimum atomic E-state index is 0.428. The van der Waals surface area contributed by atoms with Gasteiger partial charge in [0.05, 0.1) is 15.8 Å². The van der Waals surface area contributed by atoms with Gasteiger partial charge < -0.3 is 9.30 Å². The average molecular weight is 343 g/mol. The molecule has 114 valence electrons. The van der Waals surface area contributed by atoms with Crippen molar-refractivity contribution in [2.45, 2.75) is 0 Å². The van der Waals surface area contributed by atoms with Gasteiger partial charge in [0, 0.05) is 31.0 Å². The molecule has 0 aliphatic rings. The van der Waals surface area contributed by atoms with Gasteiger partial charge in [-0.15, -0.1) is 11.3 Å². The number of rotatable bonds is 3. The SMILES string of the molecule is Cn1ccnc1-c1cc2ccnc(Oc3ccc(Cl)nc3)c2s1. The van der Waals surface area contributed by atoms with Crippen LogP contribution in [0.1, 0.15) is 0 Å². The van der Waals surface area contributed by atoms with Gasteiger partial charge >= 0.3 is 0 Å². The lowest BCUT2D eigenvalue weighted by Crippen LogP contribution is -1.88. The highest BCUT2D eigenvalue weighted by Gasteiger charge is 2.13. The normalized spacial score (nSPS) is 11.0. The first-order valence-corrected chi connectivity index (χ1v) is 8.06. The molecule has 5 nitrogen and oxygen atoms in total. The molecule has 0 atom stereocenters. The fourth-order valence-electron chi connectivity index (χ4n) is 2.26. The Kier molecular flexibility index (Phi) is 3.48. The Hall–Kier alpha value is -2.44. The van der Waals surface area contributed by atoms with Crippen LogP contribution < -0.4 is 4.74 Å². The highest BCUT2D eigenvalue weighted by molar-refractivity contribution is 7.22. The molecule has 0 saturated heterocycles. The van der Waals surface area contributed by atoms with Crippen molar-refractivity contribution < 1.29 is 4.74 Å². The van der Waals surface area contributed by atoms with Gasteiger partial charge in [0.15, 0.2) is 0 Å². The number of pyridine rings is 2. The van der Waals surface area contributed by atoms with E-state index < -0.39 is 0 Å². The van der Waals surface area contributed by atoms with Crippen molar-refractivity contribution >= 4 is 33.0 Å². The van der Waals surface area contributed by atoms with Crippen molar-refractivity contribution in [3.8, 4) is 22.3 Å². The highest BCUT2D eigenvalue weighted by Crippen LogP contribution is 2.38. The number of thiophene rings is 1. The zero-order valence-corrected chi connectivity index (χ0v) is 13.7. The van der Waals surface area contributed by atoms with Crippen molar-refractivity contribution in [1.29, 1.82) is 0 Å². The molecule has 4 aromatic rings. The molecule has 0 radical (unpaired) electrons. The molecule has 0 N–H and O–H groups in total. The van der Waals surface area contributed by atoms with Crippen LogP contribution in [0.2, 0.25) is 5.15 Å². The number of aryl methyl sites for hydroxylation is 1. The van der Waals surface area contributed by atoms with Crippen LogP contribution in [-0.2, 0) is 7.05 Å². The van der Waals surface area contributed by atoms with Gasteiger partial charge in [0.25, 0.3) is 0 Å². The van der Waals surface area contributed by atoms with Crippen LogP contribution in [-0.4, -0.2) is 19.5 Å². The predicted molar refractivity (Wildman–Crippen MR) is 91.1 cm³/mol. The molecule has 4 heterocycles. The molecule has 23 heavy (non-hydrogen) atoms. The van der Waals surface area contributed by atoms with Crippen molar-refractivity contribution in [3.63, 3.8) is 0 Å². The molecule has 0 aliphatic carbocycles. The summed E-state index contributed by atoms with van der Waals surface area (Å²) in [6, 6.07) is 7.51. The van der Waals surface area contributed by atoms with Crippen LogP contribution in [0.15, 0.2) is 49.1 Å². The predicted octanol–water partition coefficient (Wildman–Crippen LogP) is 4.54. The van der Waals surface area contributed by atoms with Gasteiger partial charge in [0.2, 0.25) is 5.88 Å². The maximum Gasteiger partial charge on any atom is 0.237 e. The Morgan fingerprint density at radius 2 is 2.04 bits per heavy atom. The Bertz CT molecular complexity index is 977. The van der Waals surface area contributed by atoms with E-state index in [2.05, 4.69) is 21.0 Å². The molecule has 0 unspecified atom stereocenters. The van der Waals surface area contributed by atoms with Crippen molar-refractivity contribution in [2.75, 3.05) is 0 Å². The van der Waals surface area contributed by atoms with Gasteiger partial charge in [-0.3, -0.25) is 0 Å². The fourth-order valence-corrected chi connectivity index (χ4v) is 3.49. The summed E-state index contributed by atoms with van der Waals surface area (Å²) in [5.74, 6) is 2.07. The van der Waals surface area contributed by atoms with E-state index in [-0.39, 0.29) is 0 Å². The molecule has 0 saturated carbocycles. The summed E-state index contributed by atoms with van der Waals surface area (Å²) in [5.41, 5.74) is 0. The Morgan fingerprint density at radius 1 is 1.13 bits per heavy atom. The second kappa shape index (κ2) is 5.64. The number of hydrogen-bond acceptors (Lipinski definition) is 5. The summed E-state index contributed by atoms with van der Waals surface area (Å²) in [7, 11) is 1.97. The molecule has 0 amide bonds. The first-order chi connectivity index (χ1) is 11.2. The smallest absolute Gasteiger partial charge is 0.237 e. The van der Waals surface area contributed by atoms with Gasteiger partial charge in [0.1, 0.15) is 16.7 Å². The molecule has 0 aromatic carbocycles. The molecule has 4 aromatic heterocycles. The van der Waals surface area contributed by atoms with E-state index in [0.717, 1.165) is 20.8 Å². The lowest BCUT2D eigenvalue weighted by Gasteiger charge is -2.04. The lowest BCUT2D eigenvalue weighted by molar-refractivity contribution is 0.468. The Labute approximate surface area is 141 Å². The molecule has 0 fully saturated rings. The standard InChI is InChI=1S/C16H11ClN4OS/c1-21-7-6-18-15(21)12-8-10-4-5-19-16(14(10)23-12)22-11-2-3-13(17)20-9-11/h2-9H,1H3. The monoisotopic (exact) mass is 342 g/mol. The molecule has 7 heteroatoms. The van der Waals surface area contributed by atoms with Gasteiger partial charge in [-0.1, -0.05) is 11.6 Å². The van der Waals surface area contributed by atoms with Crippen LogP contribution in [0.3, 0.4) is 0 Å². The molecule has 0 bridgehead atoms. The third-order valence-electron chi connectivity index (χ3n) is 3.36. The maximum absolute atomic E-state index is 5.86. The summed E-state index contributed by atoms with van der Waals surface area (Å²) in [6.07, 6.45) is 7.02. The number of halogens is 1. The zero-order valence-electron chi connectivity index (χ0n) is 12.1. The number of ether oxygens (including phenoxy) is 1. The fraction of sp³-hybridized carbons (Fsp3) is 0.0625. The third-order valence-corrected chi connectivity index (χ3v) is 4.72. The van der Waals surface area contributed by atoms with Crippen molar-refractivity contribution in [1.82, 2.24) is 19.5 Å². The van der Waals surface area contributed by atoms with E-state index in [1.165, 1.54) is 0 Å². The molecule has 0 aliphatic heterocycles. The lowest BCUT2D eigenvalue weighted by atomic mass is 10.3. The van der Waals surface area contributed by atoms with E-state index in [4.69, 9.17) is 16.3 Å². The Morgan fingerprint density at radius 3 is 2.78 bits per heavy atom. The second-order valence-corrected chi connectivity index (χ2v) is 6.36. The maximum atomic E-state index is 5.86. The van der Waals surface area contributed by atoms with Crippen LogP contribution in [0.5, 0.6) is 11.6 Å². The van der Waals surface area contributed by atoms with Crippen molar-refractivity contribution in [3.05, 3.63) is 54.2 Å². The average Bonchev–Trinajstić information content (AvgIpc) is 3.15. The largest absolute Gasteiger partial charge is 0.436 e. The van der Waals surface area contributed by atoms with E-state index in [9.17, 15) is 0 Å². The number of hydrogen-bond donors (Lipinski definition) is 0. The topological polar surface area (TPSA) is 52.8 Å². The molecular formula is C16H11ClN4OS. The first kappa shape index (κ1) is 14.2. The first-order valence-electron chi connectivity index (χ1n) is 6.86. The van der Waals surface area contributed by atoms with E-state index in [1.54, 1.807) is 42.1 Å². The quantitative estimate of drug-likeness (QED) is 0.513. The number of nitrogens with zero attached hydrogens (tertiary/aromatic N) is 4. The van der Waals surface area contributed by atoms with E-state index in [1.807, 2.05) is 23.9 Å². The third kappa shape index (κ3) is 2.67. The number of aromatic nitrogens is 4. The number of imidazole rings is 1. The molecule has 4 rings (SSSR count). The van der Waals surface area contributed by atoms with E-state index >= 15 is 0 Å². The summed E-state index contributed by atoms with van der Waals surface area (Å²) in [6.45, 7) is 0. The molecular weight excluding hydrogens is 332 g/mol. The van der Waals surface area contributed by atoms with Gasteiger partial charge in [-0.25, -0.2) is 15.0 Å². The van der Waals surface area contributed by atoms with Crippen molar-refractivity contribution in [2.24, 2.45) is 7.05 Å². The van der Waals surface area contributed by atoms with Crippen LogP contribution >= 0.6 is 22.9 Å². The summed E-state index contributed by atoms with van der Waals surface area (Å²) >= 11 is 7.40. The molecule has 0 spiro atoms. The highest BCUT2D eigenvalue weighted by atomic mass is 35.5. The van der Waals surface area contributed by atoms with Crippen LogP contribution in [0.25, 0.3) is 20.8 Å². The second-order valence-electron chi connectivity index (χ2n) is 4.93. The summed E-state index contributed by atoms with van der Waals surface area (Å²) < 4.78 is 8.82.